The van der Waals surface area contributed by atoms with Crippen LogP contribution in [0.2, 0.25) is 5.02 Å². The van der Waals surface area contributed by atoms with Crippen molar-refractivity contribution < 1.29 is 9.53 Å². The van der Waals surface area contributed by atoms with Gasteiger partial charge >= 0.3 is 5.97 Å². The number of ether oxygens (including phenoxy) is 1. The van der Waals surface area contributed by atoms with E-state index in [2.05, 4.69) is 15.3 Å². The van der Waals surface area contributed by atoms with E-state index in [4.69, 9.17) is 22.1 Å². The number of hydrogen-bond donors (Lipinski definition) is 2. The molecule has 0 amide bonds. The summed E-state index contributed by atoms with van der Waals surface area (Å²) in [6.45, 7) is 5.01. The van der Waals surface area contributed by atoms with Crippen LogP contribution in [0.4, 0.5) is 11.8 Å². The molecule has 0 unspecified atom stereocenters. The molecular formula is C23H25ClN4O2. The van der Waals surface area contributed by atoms with Crippen molar-refractivity contribution in [3.8, 4) is 11.3 Å². The summed E-state index contributed by atoms with van der Waals surface area (Å²) in [6.07, 6.45) is 1.57. The van der Waals surface area contributed by atoms with E-state index in [-0.39, 0.29) is 11.9 Å². The van der Waals surface area contributed by atoms with E-state index in [1.165, 1.54) is 0 Å². The Balaban J connectivity index is 1.63. The summed E-state index contributed by atoms with van der Waals surface area (Å²) in [5, 5.41) is 3.97. The number of benzene rings is 2. The fraction of sp³-hybridized carbons (Fsp3) is 0.261. The molecule has 0 fully saturated rings. The summed E-state index contributed by atoms with van der Waals surface area (Å²) in [6, 6.07) is 15.0. The van der Waals surface area contributed by atoms with Crippen LogP contribution in [0.5, 0.6) is 0 Å². The van der Waals surface area contributed by atoms with Crippen LogP contribution < -0.4 is 11.1 Å². The van der Waals surface area contributed by atoms with Gasteiger partial charge in [0, 0.05) is 23.2 Å². The van der Waals surface area contributed by atoms with Gasteiger partial charge in [0.25, 0.3) is 0 Å². The summed E-state index contributed by atoms with van der Waals surface area (Å²) in [5.74, 6) is 0.558. The number of esters is 1. The van der Waals surface area contributed by atoms with Crippen molar-refractivity contribution in [2.75, 3.05) is 24.2 Å². The summed E-state index contributed by atoms with van der Waals surface area (Å²) in [4.78, 5) is 20.5. The van der Waals surface area contributed by atoms with Crippen molar-refractivity contribution in [3.63, 3.8) is 0 Å². The smallest absolute Gasteiger partial charge is 0.338 e. The lowest BCUT2D eigenvalue weighted by atomic mass is 10.1. The molecule has 0 atom stereocenters. The minimum Gasteiger partial charge on any atom is -0.462 e. The second-order valence-corrected chi connectivity index (χ2v) is 7.33. The number of nitrogens with two attached hydrogens (primary N) is 1. The van der Waals surface area contributed by atoms with Crippen LogP contribution in [-0.2, 0) is 11.2 Å². The largest absolute Gasteiger partial charge is 0.462 e. The van der Waals surface area contributed by atoms with Gasteiger partial charge in [-0.05, 0) is 49.1 Å². The molecule has 0 aliphatic carbocycles. The van der Waals surface area contributed by atoms with Crippen LogP contribution in [-0.4, -0.2) is 29.1 Å². The molecule has 0 saturated carbocycles. The molecule has 7 heteroatoms. The van der Waals surface area contributed by atoms with Gasteiger partial charge in [-0.1, -0.05) is 42.8 Å². The van der Waals surface area contributed by atoms with Crippen molar-refractivity contribution in [1.29, 1.82) is 0 Å². The van der Waals surface area contributed by atoms with Crippen LogP contribution in [0.1, 0.15) is 34.8 Å². The van der Waals surface area contributed by atoms with Crippen LogP contribution in [0.25, 0.3) is 11.3 Å². The molecule has 3 rings (SSSR count). The summed E-state index contributed by atoms with van der Waals surface area (Å²) in [5.41, 5.74) is 10.2. The number of nitrogens with zero attached hydrogens (tertiary/aromatic N) is 2. The predicted molar refractivity (Wildman–Crippen MR) is 121 cm³/mol. The number of aromatic nitrogens is 2. The lowest BCUT2D eigenvalue weighted by molar-refractivity contribution is 0.0505. The van der Waals surface area contributed by atoms with Crippen molar-refractivity contribution in [2.24, 2.45) is 0 Å². The molecule has 0 bridgehead atoms. The molecule has 3 aromatic rings. The summed E-state index contributed by atoms with van der Waals surface area (Å²) in [7, 11) is 0. The van der Waals surface area contributed by atoms with Crippen molar-refractivity contribution in [3.05, 3.63) is 70.2 Å². The van der Waals surface area contributed by atoms with Gasteiger partial charge in [-0.3, -0.25) is 0 Å². The predicted octanol–water partition coefficient (Wildman–Crippen LogP) is 4.91. The van der Waals surface area contributed by atoms with E-state index in [1.807, 2.05) is 50.2 Å². The van der Waals surface area contributed by atoms with Gasteiger partial charge in [-0.2, -0.15) is 4.98 Å². The number of rotatable bonds is 8. The zero-order chi connectivity index (χ0) is 21.5. The molecule has 6 nitrogen and oxygen atoms in total. The van der Waals surface area contributed by atoms with Gasteiger partial charge < -0.3 is 15.8 Å². The topological polar surface area (TPSA) is 90.1 Å². The number of nitrogens with one attached hydrogen (secondary N) is 1. The maximum absolute atomic E-state index is 11.9. The third-order valence-corrected chi connectivity index (χ3v) is 5.04. The van der Waals surface area contributed by atoms with Gasteiger partial charge in [0.15, 0.2) is 0 Å². The fourth-order valence-corrected chi connectivity index (χ4v) is 3.17. The van der Waals surface area contributed by atoms with Gasteiger partial charge in [0.2, 0.25) is 5.95 Å². The first kappa shape index (κ1) is 21.6. The van der Waals surface area contributed by atoms with E-state index < -0.39 is 0 Å². The van der Waals surface area contributed by atoms with Crippen molar-refractivity contribution >= 4 is 29.3 Å². The molecule has 0 spiro atoms. The third kappa shape index (κ3) is 5.48. The zero-order valence-electron chi connectivity index (χ0n) is 17.1. The monoisotopic (exact) mass is 424 g/mol. The number of nitrogen functional groups attached to an aromatic ring is 1. The van der Waals surface area contributed by atoms with Gasteiger partial charge in [-0.15, -0.1) is 0 Å². The molecule has 0 radical (unpaired) electrons. The number of halogens is 1. The molecule has 1 heterocycles. The molecule has 30 heavy (non-hydrogen) atoms. The van der Waals surface area contributed by atoms with Gasteiger partial charge in [-0.25, -0.2) is 9.78 Å². The Morgan fingerprint density at radius 1 is 1.17 bits per heavy atom. The Bertz CT molecular complexity index is 1020. The highest BCUT2D eigenvalue weighted by atomic mass is 35.5. The van der Waals surface area contributed by atoms with Crippen LogP contribution in [0.15, 0.2) is 48.5 Å². The Labute approximate surface area is 181 Å². The standard InChI is InChI=1S/C23H25ClN4O2/c1-3-13-30-22(29)17-9-7-16(8-10-17)11-12-26-21-14-20(27-23(25)28-21)18-5-4-6-19(24)15(18)2/h4-10,14H,3,11-13H2,1-2H3,(H3,25,26,27,28). The molecule has 1 aromatic heterocycles. The molecule has 156 valence electrons. The van der Waals surface area contributed by atoms with E-state index >= 15 is 0 Å². The molecule has 0 saturated heterocycles. The molecule has 3 N–H and O–H groups in total. The average molecular weight is 425 g/mol. The molecule has 0 aliphatic heterocycles. The first-order chi connectivity index (χ1) is 14.5. The fourth-order valence-electron chi connectivity index (χ4n) is 3.00. The lowest BCUT2D eigenvalue weighted by Gasteiger charge is -2.11. The Morgan fingerprint density at radius 3 is 2.67 bits per heavy atom. The highest BCUT2D eigenvalue weighted by Crippen LogP contribution is 2.28. The van der Waals surface area contributed by atoms with E-state index in [9.17, 15) is 4.79 Å². The molecular weight excluding hydrogens is 400 g/mol. The number of carbonyl (C=O) groups excluding carboxylic acids is 1. The average Bonchev–Trinajstić information content (AvgIpc) is 2.74. The SMILES string of the molecule is CCCOC(=O)c1ccc(CCNc2cc(-c3cccc(Cl)c3C)nc(N)n2)cc1. The minimum atomic E-state index is -0.290. The Morgan fingerprint density at radius 2 is 1.93 bits per heavy atom. The van der Waals surface area contributed by atoms with Crippen molar-refractivity contribution in [1.82, 2.24) is 9.97 Å². The number of carbonyl (C=O) groups is 1. The van der Waals surface area contributed by atoms with E-state index in [0.717, 1.165) is 35.2 Å². The maximum atomic E-state index is 11.9. The second kappa shape index (κ2) is 10.1. The molecule has 0 aliphatic rings. The van der Waals surface area contributed by atoms with E-state index in [1.54, 1.807) is 12.1 Å². The van der Waals surface area contributed by atoms with Crippen LogP contribution in [0.3, 0.4) is 0 Å². The third-order valence-electron chi connectivity index (χ3n) is 4.63. The first-order valence-electron chi connectivity index (χ1n) is 9.88. The Hall–Kier alpha value is -3.12. The minimum absolute atomic E-state index is 0.198. The quantitative estimate of drug-likeness (QED) is 0.499. The number of anilines is 2. The highest BCUT2D eigenvalue weighted by molar-refractivity contribution is 6.31. The normalized spacial score (nSPS) is 10.6. The van der Waals surface area contributed by atoms with E-state index in [0.29, 0.717) is 29.6 Å². The first-order valence-corrected chi connectivity index (χ1v) is 10.3. The summed E-state index contributed by atoms with van der Waals surface area (Å²) < 4.78 is 5.15. The maximum Gasteiger partial charge on any atom is 0.338 e. The van der Waals surface area contributed by atoms with Gasteiger partial charge in [0.1, 0.15) is 5.82 Å². The van der Waals surface area contributed by atoms with Crippen LogP contribution >= 0.6 is 11.6 Å². The molecule has 2 aromatic carbocycles. The highest BCUT2D eigenvalue weighted by Gasteiger charge is 2.10. The van der Waals surface area contributed by atoms with Gasteiger partial charge in [0.05, 0.1) is 17.9 Å². The second-order valence-electron chi connectivity index (χ2n) is 6.92. The van der Waals surface area contributed by atoms with Crippen molar-refractivity contribution in [2.45, 2.75) is 26.7 Å². The summed E-state index contributed by atoms with van der Waals surface area (Å²) >= 11 is 6.23. The Kier molecular flexibility index (Phi) is 7.25. The number of hydrogen-bond acceptors (Lipinski definition) is 6. The van der Waals surface area contributed by atoms with Crippen LogP contribution in [0, 0.1) is 6.92 Å². The zero-order valence-corrected chi connectivity index (χ0v) is 17.9. The lowest BCUT2D eigenvalue weighted by Crippen LogP contribution is -2.09.